The lowest BCUT2D eigenvalue weighted by atomic mass is 10.1. The Bertz CT molecular complexity index is 1080. The molecule has 0 bridgehead atoms. The predicted molar refractivity (Wildman–Crippen MR) is 117 cm³/mol. The van der Waals surface area contributed by atoms with Crippen LogP contribution in [0, 0.1) is 13.8 Å². The number of nitrogens with one attached hydrogen (secondary N) is 1. The van der Waals surface area contributed by atoms with E-state index in [1.54, 1.807) is 36.4 Å². The summed E-state index contributed by atoms with van der Waals surface area (Å²) in [5, 5.41) is 3.91. The van der Waals surface area contributed by atoms with Gasteiger partial charge in [0.15, 0.2) is 6.61 Å². The number of aryl methyl sites for hydroxylation is 1. The van der Waals surface area contributed by atoms with Crippen molar-refractivity contribution in [1.82, 2.24) is 5.43 Å². The first kappa shape index (κ1) is 21.6. The van der Waals surface area contributed by atoms with Crippen LogP contribution in [0.3, 0.4) is 0 Å². The maximum absolute atomic E-state index is 11.9. The zero-order valence-electron chi connectivity index (χ0n) is 17.2. The summed E-state index contributed by atoms with van der Waals surface area (Å²) >= 11 is 0. The highest BCUT2D eigenvalue weighted by Crippen LogP contribution is 2.20. The number of rotatable bonds is 8. The van der Waals surface area contributed by atoms with Gasteiger partial charge in [0.25, 0.3) is 5.91 Å². The van der Waals surface area contributed by atoms with Gasteiger partial charge in [-0.1, -0.05) is 12.1 Å². The van der Waals surface area contributed by atoms with E-state index in [1.165, 1.54) is 24.6 Å². The number of hydrogen-bond acceptors (Lipinski definition) is 6. The molecule has 0 aliphatic rings. The van der Waals surface area contributed by atoms with Crippen LogP contribution in [0.4, 0.5) is 0 Å². The molecule has 158 valence electrons. The summed E-state index contributed by atoms with van der Waals surface area (Å²) in [6.45, 7) is 3.79. The summed E-state index contributed by atoms with van der Waals surface area (Å²) < 4.78 is 15.8. The molecule has 7 nitrogen and oxygen atoms in total. The van der Waals surface area contributed by atoms with Gasteiger partial charge in [0.05, 0.1) is 12.5 Å². The van der Waals surface area contributed by atoms with E-state index in [9.17, 15) is 9.59 Å². The van der Waals surface area contributed by atoms with Gasteiger partial charge >= 0.3 is 5.97 Å². The van der Waals surface area contributed by atoms with Crippen LogP contribution in [0.2, 0.25) is 0 Å². The van der Waals surface area contributed by atoms with Crippen LogP contribution in [0.5, 0.6) is 11.5 Å². The van der Waals surface area contributed by atoms with Crippen molar-refractivity contribution in [2.75, 3.05) is 6.61 Å². The van der Waals surface area contributed by atoms with Gasteiger partial charge in [-0.05, 0) is 79.1 Å². The summed E-state index contributed by atoms with van der Waals surface area (Å²) in [6.07, 6.45) is 5.81. The number of esters is 1. The van der Waals surface area contributed by atoms with Crippen molar-refractivity contribution >= 4 is 24.2 Å². The van der Waals surface area contributed by atoms with Crippen LogP contribution in [0.1, 0.15) is 22.5 Å². The predicted octanol–water partition coefficient (Wildman–Crippen LogP) is 4.04. The Balaban J connectivity index is 1.44. The number of nitrogens with zero attached hydrogens (tertiary/aromatic N) is 1. The second kappa shape index (κ2) is 10.6. The summed E-state index contributed by atoms with van der Waals surface area (Å²) in [5.74, 6) is 0.727. The highest BCUT2D eigenvalue weighted by atomic mass is 16.5. The number of hydrazone groups is 1. The summed E-state index contributed by atoms with van der Waals surface area (Å²) in [7, 11) is 0. The molecule has 0 aliphatic heterocycles. The second-order valence-electron chi connectivity index (χ2n) is 6.62. The Morgan fingerprint density at radius 1 is 1.06 bits per heavy atom. The van der Waals surface area contributed by atoms with Crippen molar-refractivity contribution in [3.8, 4) is 11.5 Å². The first-order valence-corrected chi connectivity index (χ1v) is 9.55. The average molecular weight is 418 g/mol. The van der Waals surface area contributed by atoms with E-state index in [0.717, 1.165) is 16.7 Å². The molecule has 2 aromatic carbocycles. The lowest BCUT2D eigenvalue weighted by Crippen LogP contribution is -2.24. The third-order valence-electron chi connectivity index (χ3n) is 4.34. The Morgan fingerprint density at radius 3 is 2.61 bits per heavy atom. The molecular weight excluding hydrogens is 396 g/mol. The number of furan rings is 1. The Hall–Kier alpha value is -4.13. The largest absolute Gasteiger partial charge is 0.483 e. The van der Waals surface area contributed by atoms with E-state index in [4.69, 9.17) is 13.9 Å². The standard InChI is InChI=1S/C24H22N2O5/c1-17-5-3-7-22(18(17)2)30-16-23(27)26-25-15-19-8-10-21(11-9-19)31-24(28)13-12-20-6-4-14-29-20/h3-15H,16H2,1-2H3,(H,26,27)/b13-12+,25-15+. The molecule has 3 rings (SSSR count). The third kappa shape index (κ3) is 6.71. The molecule has 0 saturated carbocycles. The van der Waals surface area contributed by atoms with Gasteiger partial charge in [0.1, 0.15) is 17.3 Å². The maximum atomic E-state index is 11.9. The smallest absolute Gasteiger partial charge is 0.336 e. The molecule has 1 aromatic heterocycles. The fourth-order valence-electron chi connectivity index (χ4n) is 2.54. The number of ether oxygens (including phenoxy) is 2. The van der Waals surface area contributed by atoms with Gasteiger partial charge in [0, 0.05) is 6.08 Å². The molecule has 1 N–H and O–H groups in total. The van der Waals surface area contributed by atoms with Crippen LogP contribution in [-0.4, -0.2) is 24.7 Å². The van der Waals surface area contributed by atoms with Crippen LogP contribution >= 0.6 is 0 Å². The zero-order valence-corrected chi connectivity index (χ0v) is 17.2. The maximum Gasteiger partial charge on any atom is 0.336 e. The molecule has 0 atom stereocenters. The van der Waals surface area contributed by atoms with Crippen LogP contribution in [0.25, 0.3) is 6.08 Å². The molecule has 0 saturated heterocycles. The number of hydrogen-bond donors (Lipinski definition) is 1. The van der Waals surface area contributed by atoms with E-state index in [2.05, 4.69) is 10.5 Å². The van der Waals surface area contributed by atoms with Crippen LogP contribution < -0.4 is 14.9 Å². The lowest BCUT2D eigenvalue weighted by Gasteiger charge is -2.09. The molecule has 0 aliphatic carbocycles. The quantitative estimate of drug-likeness (QED) is 0.196. The molecule has 0 radical (unpaired) electrons. The molecule has 31 heavy (non-hydrogen) atoms. The second-order valence-corrected chi connectivity index (χ2v) is 6.62. The van der Waals surface area contributed by atoms with Gasteiger partial charge < -0.3 is 13.9 Å². The highest BCUT2D eigenvalue weighted by Gasteiger charge is 2.05. The number of carbonyl (C=O) groups excluding carboxylic acids is 2. The Morgan fingerprint density at radius 2 is 1.87 bits per heavy atom. The third-order valence-corrected chi connectivity index (χ3v) is 4.34. The van der Waals surface area contributed by atoms with Gasteiger partial charge in [-0.25, -0.2) is 10.2 Å². The molecular formula is C24H22N2O5. The van der Waals surface area contributed by atoms with Gasteiger partial charge in [0.2, 0.25) is 0 Å². The summed E-state index contributed by atoms with van der Waals surface area (Å²) in [4.78, 5) is 23.7. The van der Waals surface area contributed by atoms with Crippen LogP contribution in [0.15, 0.2) is 76.5 Å². The first-order chi connectivity index (χ1) is 15.0. The minimum Gasteiger partial charge on any atom is -0.483 e. The first-order valence-electron chi connectivity index (χ1n) is 9.55. The van der Waals surface area contributed by atoms with Gasteiger partial charge in [-0.3, -0.25) is 4.79 Å². The SMILES string of the molecule is Cc1cccc(OCC(=O)N/N=C/c2ccc(OC(=O)/C=C/c3ccco3)cc2)c1C. The van der Waals surface area contributed by atoms with E-state index in [0.29, 0.717) is 17.3 Å². The minimum atomic E-state index is -0.520. The van der Waals surface area contributed by atoms with E-state index in [1.807, 2.05) is 32.0 Å². The molecule has 0 spiro atoms. The topological polar surface area (TPSA) is 90.1 Å². The molecule has 7 heteroatoms. The van der Waals surface area contributed by atoms with Gasteiger partial charge in [-0.2, -0.15) is 5.10 Å². The van der Waals surface area contributed by atoms with Crippen molar-refractivity contribution in [1.29, 1.82) is 0 Å². The molecule has 1 heterocycles. The van der Waals surface area contributed by atoms with E-state index < -0.39 is 5.97 Å². The Kier molecular flexibility index (Phi) is 7.37. The normalized spacial score (nSPS) is 11.0. The van der Waals surface area contributed by atoms with Gasteiger partial charge in [-0.15, -0.1) is 0 Å². The van der Waals surface area contributed by atoms with Crippen molar-refractivity contribution in [2.24, 2.45) is 5.10 Å². The van der Waals surface area contributed by atoms with E-state index >= 15 is 0 Å². The summed E-state index contributed by atoms with van der Waals surface area (Å²) in [5.41, 5.74) is 5.23. The molecule has 3 aromatic rings. The number of carbonyl (C=O) groups is 2. The van der Waals surface area contributed by atoms with Crippen LogP contribution in [-0.2, 0) is 9.59 Å². The molecule has 0 fully saturated rings. The number of benzene rings is 2. The lowest BCUT2D eigenvalue weighted by molar-refractivity contribution is -0.129. The number of amides is 1. The van der Waals surface area contributed by atoms with Crippen molar-refractivity contribution in [2.45, 2.75) is 13.8 Å². The van der Waals surface area contributed by atoms with Crippen molar-refractivity contribution in [3.05, 3.63) is 89.4 Å². The zero-order chi connectivity index (χ0) is 22.1. The Labute approximate surface area is 180 Å². The van der Waals surface area contributed by atoms with Crippen molar-refractivity contribution < 1.29 is 23.5 Å². The molecule has 1 amide bonds. The van der Waals surface area contributed by atoms with E-state index in [-0.39, 0.29) is 12.5 Å². The fraction of sp³-hybridized carbons (Fsp3) is 0.125. The monoisotopic (exact) mass is 418 g/mol. The minimum absolute atomic E-state index is 0.137. The van der Waals surface area contributed by atoms with Crippen molar-refractivity contribution in [3.63, 3.8) is 0 Å². The fourth-order valence-corrected chi connectivity index (χ4v) is 2.54. The summed E-state index contributed by atoms with van der Waals surface area (Å²) in [6, 6.07) is 15.8. The molecule has 0 unspecified atom stereocenters. The average Bonchev–Trinajstić information content (AvgIpc) is 3.28. The highest BCUT2D eigenvalue weighted by molar-refractivity contribution is 5.88.